The minimum absolute atomic E-state index is 0.190. The summed E-state index contributed by atoms with van der Waals surface area (Å²) in [5, 5.41) is 3.66. The summed E-state index contributed by atoms with van der Waals surface area (Å²) < 4.78 is 10.7. The minimum Gasteiger partial charge on any atom is -0.378 e. The smallest absolute Gasteiger partial charge is 0.313 e. The van der Waals surface area contributed by atoms with Crippen molar-refractivity contribution in [3.05, 3.63) is 71.9 Å². The van der Waals surface area contributed by atoms with E-state index in [9.17, 15) is 14.4 Å². The third-order valence-corrected chi connectivity index (χ3v) is 6.39. The van der Waals surface area contributed by atoms with Crippen LogP contribution in [0.3, 0.4) is 0 Å². The third-order valence-electron chi connectivity index (χ3n) is 6.39. The second kappa shape index (κ2) is 11.3. The number of allylic oxidation sites excluding steroid dienone is 1. The SMILES string of the molecule is O=C(Nc1ccc(C(=O)/C=C/c2cc(N3CCOCC3)c3ccccc3n2)cc1)C(=O)N1CCOCC1. The normalized spacial score (nSPS) is 16.2. The number of carbonyl (C=O) groups is 3. The molecule has 2 saturated heterocycles. The maximum Gasteiger partial charge on any atom is 0.313 e. The third kappa shape index (κ3) is 5.84. The lowest BCUT2D eigenvalue weighted by Gasteiger charge is -2.30. The van der Waals surface area contributed by atoms with Crippen LogP contribution in [0.1, 0.15) is 16.1 Å². The second-order valence-electron chi connectivity index (χ2n) is 8.82. The number of anilines is 2. The van der Waals surface area contributed by atoms with E-state index in [2.05, 4.69) is 16.3 Å². The number of benzene rings is 2. The van der Waals surface area contributed by atoms with Gasteiger partial charge in [-0.15, -0.1) is 0 Å². The second-order valence-corrected chi connectivity index (χ2v) is 8.82. The van der Waals surface area contributed by atoms with Gasteiger partial charge in [0.1, 0.15) is 0 Å². The van der Waals surface area contributed by atoms with Gasteiger partial charge in [0, 0.05) is 48.5 Å². The Balaban J connectivity index is 1.27. The summed E-state index contributed by atoms with van der Waals surface area (Å²) in [4.78, 5) is 45.8. The first-order chi connectivity index (χ1) is 18.1. The Hall–Kier alpha value is -4.08. The van der Waals surface area contributed by atoms with Gasteiger partial charge in [0.05, 0.1) is 37.6 Å². The number of amides is 2. The van der Waals surface area contributed by atoms with Gasteiger partial charge in [-0.25, -0.2) is 4.98 Å². The van der Waals surface area contributed by atoms with Crippen molar-refractivity contribution in [3.8, 4) is 0 Å². The van der Waals surface area contributed by atoms with Gasteiger partial charge >= 0.3 is 11.8 Å². The van der Waals surface area contributed by atoms with E-state index in [1.54, 1.807) is 30.3 Å². The number of hydrogen-bond acceptors (Lipinski definition) is 7. The molecule has 2 aliphatic rings. The summed E-state index contributed by atoms with van der Waals surface area (Å²) in [5.74, 6) is -1.49. The number of morpholine rings is 2. The molecule has 0 atom stereocenters. The first-order valence-corrected chi connectivity index (χ1v) is 12.3. The van der Waals surface area contributed by atoms with E-state index in [4.69, 9.17) is 14.5 Å². The standard InChI is InChI=1S/C28H28N4O5/c33-26(20-5-7-21(8-6-20)30-27(34)28(35)32-13-17-37-18-14-32)10-9-22-19-25(31-11-15-36-16-12-31)23-3-1-2-4-24(23)29-22/h1-10,19H,11-18H2,(H,30,34)/b10-9+. The Labute approximate surface area is 214 Å². The molecule has 9 nitrogen and oxygen atoms in total. The number of ether oxygens (including phenoxy) is 2. The molecule has 2 aromatic carbocycles. The van der Waals surface area contributed by atoms with Crippen molar-refractivity contribution in [3.63, 3.8) is 0 Å². The van der Waals surface area contributed by atoms with Crippen LogP contribution in [-0.2, 0) is 19.1 Å². The Morgan fingerprint density at radius 2 is 1.54 bits per heavy atom. The number of hydrogen-bond donors (Lipinski definition) is 1. The Kier molecular flexibility index (Phi) is 7.53. The molecule has 1 N–H and O–H groups in total. The summed E-state index contributed by atoms with van der Waals surface area (Å²) in [6.45, 7) is 4.60. The van der Waals surface area contributed by atoms with Crippen LogP contribution < -0.4 is 10.2 Å². The first-order valence-electron chi connectivity index (χ1n) is 12.3. The van der Waals surface area contributed by atoms with E-state index < -0.39 is 11.8 Å². The van der Waals surface area contributed by atoms with Crippen molar-refractivity contribution in [1.29, 1.82) is 0 Å². The molecular weight excluding hydrogens is 472 g/mol. The number of rotatable bonds is 5. The predicted octanol–water partition coefficient (Wildman–Crippen LogP) is 2.76. The zero-order chi connectivity index (χ0) is 25.6. The molecule has 0 unspecified atom stereocenters. The lowest BCUT2D eigenvalue weighted by atomic mass is 10.1. The van der Waals surface area contributed by atoms with Crippen LogP contribution in [0.2, 0.25) is 0 Å². The number of carbonyl (C=O) groups excluding carboxylic acids is 3. The van der Waals surface area contributed by atoms with Crippen molar-refractivity contribution in [1.82, 2.24) is 9.88 Å². The molecular formula is C28H28N4O5. The zero-order valence-corrected chi connectivity index (χ0v) is 20.4. The molecule has 3 aromatic rings. The average molecular weight is 501 g/mol. The van der Waals surface area contributed by atoms with Crippen LogP contribution >= 0.6 is 0 Å². The largest absolute Gasteiger partial charge is 0.378 e. The van der Waals surface area contributed by atoms with Gasteiger partial charge in [-0.2, -0.15) is 0 Å². The van der Waals surface area contributed by atoms with Crippen molar-refractivity contribution >= 4 is 46.0 Å². The molecule has 0 spiro atoms. The zero-order valence-electron chi connectivity index (χ0n) is 20.4. The fraction of sp³-hybridized carbons (Fsp3) is 0.286. The van der Waals surface area contributed by atoms with Crippen molar-refractivity contribution in [2.24, 2.45) is 0 Å². The number of para-hydroxylation sites is 1. The lowest BCUT2D eigenvalue weighted by Crippen LogP contribution is -2.45. The Bertz CT molecular complexity index is 1330. The van der Waals surface area contributed by atoms with Gasteiger partial charge < -0.3 is 24.6 Å². The molecule has 37 heavy (non-hydrogen) atoms. The van der Waals surface area contributed by atoms with Crippen LogP contribution in [0.25, 0.3) is 17.0 Å². The van der Waals surface area contributed by atoms with E-state index in [0.717, 1.165) is 29.7 Å². The highest BCUT2D eigenvalue weighted by Crippen LogP contribution is 2.28. The molecule has 2 fully saturated rings. The van der Waals surface area contributed by atoms with Crippen LogP contribution in [0.5, 0.6) is 0 Å². The van der Waals surface area contributed by atoms with Crippen LogP contribution in [0.15, 0.2) is 60.7 Å². The topological polar surface area (TPSA) is 101 Å². The molecule has 3 heterocycles. The highest BCUT2D eigenvalue weighted by atomic mass is 16.5. The fourth-order valence-corrected chi connectivity index (χ4v) is 4.40. The molecule has 2 amide bonds. The van der Waals surface area contributed by atoms with Crippen molar-refractivity contribution in [2.75, 3.05) is 62.8 Å². The van der Waals surface area contributed by atoms with Gasteiger partial charge in [0.15, 0.2) is 5.78 Å². The number of nitrogens with zero attached hydrogens (tertiary/aromatic N) is 3. The summed E-state index contributed by atoms with van der Waals surface area (Å²) >= 11 is 0. The molecule has 5 rings (SSSR count). The monoisotopic (exact) mass is 500 g/mol. The maximum atomic E-state index is 12.8. The van der Waals surface area contributed by atoms with Gasteiger partial charge in [-0.05, 0) is 48.6 Å². The highest BCUT2D eigenvalue weighted by Gasteiger charge is 2.23. The van der Waals surface area contributed by atoms with Gasteiger partial charge in [0.25, 0.3) is 0 Å². The van der Waals surface area contributed by atoms with E-state index in [1.807, 2.05) is 24.3 Å². The molecule has 0 bridgehead atoms. The van der Waals surface area contributed by atoms with Crippen molar-refractivity contribution < 1.29 is 23.9 Å². The van der Waals surface area contributed by atoms with E-state index in [1.165, 1.54) is 11.0 Å². The molecule has 1 aromatic heterocycles. The average Bonchev–Trinajstić information content (AvgIpc) is 2.96. The van der Waals surface area contributed by atoms with Gasteiger partial charge in [-0.1, -0.05) is 18.2 Å². The number of fused-ring (bicyclic) bond motifs is 1. The summed E-state index contributed by atoms with van der Waals surface area (Å²) in [7, 11) is 0. The summed E-state index contributed by atoms with van der Waals surface area (Å²) in [6, 6.07) is 16.4. The highest BCUT2D eigenvalue weighted by molar-refractivity contribution is 6.39. The number of pyridine rings is 1. The van der Waals surface area contributed by atoms with Gasteiger partial charge in [0.2, 0.25) is 0 Å². The fourth-order valence-electron chi connectivity index (χ4n) is 4.40. The van der Waals surface area contributed by atoms with E-state index in [0.29, 0.717) is 56.5 Å². The molecule has 0 radical (unpaired) electrons. The maximum absolute atomic E-state index is 12.8. The summed E-state index contributed by atoms with van der Waals surface area (Å²) in [5.41, 5.74) is 3.54. The Morgan fingerprint density at radius 3 is 2.27 bits per heavy atom. The van der Waals surface area contributed by atoms with E-state index in [-0.39, 0.29) is 5.78 Å². The molecule has 190 valence electrons. The predicted molar refractivity (Wildman–Crippen MR) is 141 cm³/mol. The first kappa shape index (κ1) is 24.6. The minimum atomic E-state index is -0.709. The van der Waals surface area contributed by atoms with Crippen LogP contribution in [0.4, 0.5) is 11.4 Å². The number of nitrogens with one attached hydrogen (secondary N) is 1. The van der Waals surface area contributed by atoms with Crippen LogP contribution in [0, 0.1) is 0 Å². The van der Waals surface area contributed by atoms with Gasteiger partial charge in [-0.3, -0.25) is 14.4 Å². The Morgan fingerprint density at radius 1 is 0.865 bits per heavy atom. The summed E-state index contributed by atoms with van der Waals surface area (Å²) in [6.07, 6.45) is 3.21. The van der Waals surface area contributed by atoms with E-state index >= 15 is 0 Å². The molecule has 9 heteroatoms. The van der Waals surface area contributed by atoms with Crippen LogP contribution in [-0.4, -0.2) is 80.1 Å². The number of ketones is 1. The molecule has 2 aliphatic heterocycles. The van der Waals surface area contributed by atoms with Crippen molar-refractivity contribution in [2.45, 2.75) is 0 Å². The molecule has 0 aliphatic carbocycles. The number of aromatic nitrogens is 1. The molecule has 0 saturated carbocycles. The quantitative estimate of drug-likeness (QED) is 0.327. The lowest BCUT2D eigenvalue weighted by molar-refractivity contribution is -0.145.